The van der Waals surface area contributed by atoms with Gasteiger partial charge in [-0.25, -0.2) is 4.79 Å². The van der Waals surface area contributed by atoms with E-state index < -0.39 is 0 Å². The van der Waals surface area contributed by atoms with Crippen LogP contribution in [-0.4, -0.2) is 23.1 Å². The monoisotopic (exact) mass is 312 g/mol. The predicted octanol–water partition coefficient (Wildman–Crippen LogP) is 4.43. The van der Waals surface area contributed by atoms with Crippen LogP contribution in [0.25, 0.3) is 0 Å². The van der Waals surface area contributed by atoms with Gasteiger partial charge >= 0.3 is 6.03 Å². The Morgan fingerprint density at radius 1 is 1.05 bits per heavy atom. The van der Waals surface area contributed by atoms with Gasteiger partial charge < -0.3 is 5.32 Å². The van der Waals surface area contributed by atoms with E-state index in [-0.39, 0.29) is 12.1 Å². The summed E-state index contributed by atoms with van der Waals surface area (Å²) in [6.45, 7) is 2.21. The van der Waals surface area contributed by atoms with Crippen LogP contribution in [-0.2, 0) is 0 Å². The van der Waals surface area contributed by atoms with E-state index >= 15 is 0 Å². The van der Waals surface area contributed by atoms with Crippen LogP contribution in [0.2, 0.25) is 0 Å². The van der Waals surface area contributed by atoms with Gasteiger partial charge in [0.25, 0.3) is 0 Å². The lowest BCUT2D eigenvalue weighted by Crippen LogP contribution is -2.43. The summed E-state index contributed by atoms with van der Waals surface area (Å²) in [6, 6.07) is 19.7. The molecule has 2 aromatic carbocycles. The van der Waals surface area contributed by atoms with Crippen molar-refractivity contribution in [1.82, 2.24) is 5.32 Å². The predicted molar refractivity (Wildman–Crippen MR) is 93.9 cm³/mol. The number of nitrogens with zero attached hydrogens (tertiary/aromatic N) is 1. The largest absolute Gasteiger partial charge is 0.334 e. The molecule has 1 saturated heterocycles. The van der Waals surface area contributed by atoms with Crippen LogP contribution in [0.5, 0.6) is 0 Å². The summed E-state index contributed by atoms with van der Waals surface area (Å²) in [5, 5.41) is 3.79. The Morgan fingerprint density at radius 3 is 2.05 bits per heavy atom. The van der Waals surface area contributed by atoms with Crippen molar-refractivity contribution < 1.29 is 4.79 Å². The third kappa shape index (κ3) is 3.45. The molecular weight excluding hydrogens is 292 g/mol. The summed E-state index contributed by atoms with van der Waals surface area (Å²) in [7, 11) is 0. The van der Waals surface area contributed by atoms with Gasteiger partial charge in [0.15, 0.2) is 0 Å². The van der Waals surface area contributed by atoms with Crippen molar-refractivity contribution in [2.75, 3.05) is 10.7 Å². The van der Waals surface area contributed by atoms with Crippen molar-refractivity contribution in [3.05, 3.63) is 60.7 Å². The molecule has 0 aliphatic carbocycles. The maximum absolute atomic E-state index is 12.8. The summed E-state index contributed by atoms with van der Waals surface area (Å²) in [6.07, 6.45) is 1.04. The van der Waals surface area contributed by atoms with E-state index in [1.165, 1.54) is 0 Å². The zero-order valence-corrected chi connectivity index (χ0v) is 13.4. The maximum Gasteiger partial charge on any atom is 0.326 e. The molecule has 2 unspecified atom stereocenters. The third-order valence-corrected chi connectivity index (χ3v) is 5.11. The van der Waals surface area contributed by atoms with Crippen molar-refractivity contribution in [3.8, 4) is 0 Å². The van der Waals surface area contributed by atoms with Crippen LogP contribution in [0, 0.1) is 0 Å². The highest BCUT2D eigenvalue weighted by molar-refractivity contribution is 8.00. The van der Waals surface area contributed by atoms with Gasteiger partial charge in [0.05, 0.1) is 11.4 Å². The molecule has 2 amide bonds. The number of hydrogen-bond acceptors (Lipinski definition) is 2. The molecular formula is C18H20N2OS. The van der Waals surface area contributed by atoms with Crippen LogP contribution in [0.15, 0.2) is 60.7 Å². The number of carbonyl (C=O) groups is 1. The Balaban J connectivity index is 1.84. The van der Waals surface area contributed by atoms with Crippen molar-refractivity contribution >= 4 is 29.2 Å². The fourth-order valence-corrected chi connectivity index (χ4v) is 3.84. The molecule has 4 heteroatoms. The molecule has 0 radical (unpaired) electrons. The molecule has 2 atom stereocenters. The Kier molecular flexibility index (Phi) is 4.68. The maximum atomic E-state index is 12.8. The number of nitrogens with one attached hydrogen (secondary N) is 1. The molecule has 1 fully saturated rings. The van der Waals surface area contributed by atoms with E-state index in [1.807, 2.05) is 72.4 Å². The Hall–Kier alpha value is -1.94. The van der Waals surface area contributed by atoms with Crippen molar-refractivity contribution in [2.24, 2.45) is 0 Å². The standard InChI is InChI=1S/C18H20N2OS/c1-14-12-15(13-22-14)19-18(21)20(16-8-4-2-5-9-16)17-10-6-3-7-11-17/h2-11,14-15H,12-13H2,1H3,(H,19,21). The molecule has 0 saturated carbocycles. The van der Waals surface area contributed by atoms with Crippen LogP contribution in [0.4, 0.5) is 16.2 Å². The zero-order valence-electron chi connectivity index (χ0n) is 12.6. The SMILES string of the molecule is CC1CC(NC(=O)N(c2ccccc2)c2ccccc2)CS1. The van der Waals surface area contributed by atoms with Gasteiger partial charge in [-0.15, -0.1) is 0 Å². The Labute approximate surface area is 135 Å². The minimum Gasteiger partial charge on any atom is -0.334 e. The molecule has 3 rings (SSSR count). The lowest BCUT2D eigenvalue weighted by atomic mass is 10.2. The van der Waals surface area contributed by atoms with Crippen LogP contribution < -0.4 is 10.2 Å². The average Bonchev–Trinajstić information content (AvgIpc) is 2.95. The highest BCUT2D eigenvalue weighted by Crippen LogP contribution is 2.28. The molecule has 1 N–H and O–H groups in total. The topological polar surface area (TPSA) is 32.3 Å². The minimum atomic E-state index is -0.0582. The summed E-state index contributed by atoms with van der Waals surface area (Å²) in [4.78, 5) is 14.6. The molecule has 1 aliphatic heterocycles. The second kappa shape index (κ2) is 6.88. The van der Waals surface area contributed by atoms with Gasteiger partial charge in [-0.1, -0.05) is 43.3 Å². The number of benzene rings is 2. The average molecular weight is 312 g/mol. The number of rotatable bonds is 3. The van der Waals surface area contributed by atoms with E-state index in [1.54, 1.807) is 4.90 Å². The number of para-hydroxylation sites is 2. The van der Waals surface area contributed by atoms with Gasteiger partial charge in [0.2, 0.25) is 0 Å². The third-order valence-electron chi connectivity index (χ3n) is 3.76. The highest BCUT2D eigenvalue weighted by atomic mass is 32.2. The molecule has 0 spiro atoms. The highest BCUT2D eigenvalue weighted by Gasteiger charge is 2.26. The van der Waals surface area contributed by atoms with Gasteiger partial charge in [-0.2, -0.15) is 11.8 Å². The van der Waals surface area contributed by atoms with E-state index in [4.69, 9.17) is 0 Å². The van der Waals surface area contributed by atoms with Crippen LogP contribution >= 0.6 is 11.8 Å². The molecule has 22 heavy (non-hydrogen) atoms. The molecule has 114 valence electrons. The molecule has 0 bridgehead atoms. The van der Waals surface area contributed by atoms with Gasteiger partial charge in [-0.05, 0) is 30.7 Å². The molecule has 1 aliphatic rings. The lowest BCUT2D eigenvalue weighted by Gasteiger charge is -2.25. The Bertz CT molecular complexity index is 578. The first kappa shape index (κ1) is 15.0. The quantitative estimate of drug-likeness (QED) is 0.909. The number of thioether (sulfide) groups is 1. The fraction of sp³-hybridized carbons (Fsp3) is 0.278. The van der Waals surface area contributed by atoms with Crippen molar-refractivity contribution in [3.63, 3.8) is 0 Å². The van der Waals surface area contributed by atoms with Gasteiger partial charge in [0.1, 0.15) is 0 Å². The fourth-order valence-electron chi connectivity index (χ4n) is 2.69. The zero-order chi connectivity index (χ0) is 15.4. The first-order valence-corrected chi connectivity index (χ1v) is 8.61. The van der Waals surface area contributed by atoms with E-state index in [0.717, 1.165) is 23.5 Å². The summed E-state index contributed by atoms with van der Waals surface area (Å²) < 4.78 is 0. The lowest BCUT2D eigenvalue weighted by molar-refractivity contribution is 0.245. The van der Waals surface area contributed by atoms with Crippen molar-refractivity contribution in [1.29, 1.82) is 0 Å². The Morgan fingerprint density at radius 2 is 1.59 bits per heavy atom. The number of anilines is 2. The van der Waals surface area contributed by atoms with E-state index in [0.29, 0.717) is 5.25 Å². The van der Waals surface area contributed by atoms with Crippen molar-refractivity contribution in [2.45, 2.75) is 24.6 Å². The molecule has 3 nitrogen and oxygen atoms in total. The molecule has 2 aromatic rings. The number of carbonyl (C=O) groups excluding carboxylic acids is 1. The van der Waals surface area contributed by atoms with Gasteiger partial charge in [-0.3, -0.25) is 4.90 Å². The number of urea groups is 1. The second-order valence-electron chi connectivity index (χ2n) is 5.53. The van der Waals surface area contributed by atoms with E-state index in [9.17, 15) is 4.79 Å². The normalized spacial score (nSPS) is 20.6. The first-order valence-electron chi connectivity index (χ1n) is 7.56. The minimum absolute atomic E-state index is 0.0582. The van der Waals surface area contributed by atoms with Crippen LogP contribution in [0.3, 0.4) is 0 Å². The second-order valence-corrected chi connectivity index (χ2v) is 7.00. The van der Waals surface area contributed by atoms with E-state index in [2.05, 4.69) is 12.2 Å². The van der Waals surface area contributed by atoms with Gasteiger partial charge in [0, 0.05) is 17.0 Å². The number of amides is 2. The summed E-state index contributed by atoms with van der Waals surface area (Å²) in [5.41, 5.74) is 1.76. The first-order chi connectivity index (χ1) is 10.7. The molecule has 1 heterocycles. The van der Waals surface area contributed by atoms with Crippen LogP contribution in [0.1, 0.15) is 13.3 Å². The smallest absolute Gasteiger partial charge is 0.326 e. The summed E-state index contributed by atoms with van der Waals surface area (Å²) in [5.74, 6) is 0.990. The molecule has 0 aromatic heterocycles. The number of hydrogen-bond donors (Lipinski definition) is 1. The summed E-state index contributed by atoms with van der Waals surface area (Å²) >= 11 is 1.92.